The van der Waals surface area contributed by atoms with Gasteiger partial charge >= 0.3 is 5.97 Å². The van der Waals surface area contributed by atoms with Gasteiger partial charge in [-0.2, -0.15) is 0 Å². The van der Waals surface area contributed by atoms with Crippen LogP contribution in [0.2, 0.25) is 0 Å². The third kappa shape index (κ3) is 5.64. The SMILES string of the molecule is COC(=O)/C(Cc1ccc(OC)c(OC)c1)=C(\CO)Cc1cc(OC)c(OC)c(OC)c1. The molecular formula is C24H30O8. The van der Waals surface area contributed by atoms with Crippen molar-refractivity contribution in [1.29, 1.82) is 0 Å². The topological polar surface area (TPSA) is 92.7 Å². The zero-order chi connectivity index (χ0) is 23.7. The predicted molar refractivity (Wildman–Crippen MR) is 119 cm³/mol. The van der Waals surface area contributed by atoms with Gasteiger partial charge in [0.2, 0.25) is 5.75 Å². The van der Waals surface area contributed by atoms with Crippen LogP contribution in [0.1, 0.15) is 11.1 Å². The van der Waals surface area contributed by atoms with Crippen molar-refractivity contribution in [2.75, 3.05) is 49.3 Å². The molecule has 8 heteroatoms. The van der Waals surface area contributed by atoms with Crippen LogP contribution in [-0.4, -0.2) is 60.3 Å². The van der Waals surface area contributed by atoms with E-state index in [9.17, 15) is 9.90 Å². The molecule has 0 unspecified atom stereocenters. The fourth-order valence-electron chi connectivity index (χ4n) is 3.40. The van der Waals surface area contributed by atoms with Crippen LogP contribution in [0.25, 0.3) is 0 Å². The lowest BCUT2D eigenvalue weighted by Crippen LogP contribution is -2.14. The first-order valence-electron chi connectivity index (χ1n) is 9.86. The number of hydrogen-bond donors (Lipinski definition) is 1. The molecule has 0 aliphatic carbocycles. The first-order chi connectivity index (χ1) is 15.5. The molecule has 2 rings (SSSR count). The van der Waals surface area contributed by atoms with Crippen molar-refractivity contribution in [2.45, 2.75) is 12.8 Å². The van der Waals surface area contributed by atoms with Crippen LogP contribution in [0.3, 0.4) is 0 Å². The first kappa shape index (κ1) is 24.9. The number of aliphatic hydroxyl groups is 1. The van der Waals surface area contributed by atoms with Gasteiger partial charge in [0, 0.05) is 12.0 Å². The summed E-state index contributed by atoms with van der Waals surface area (Å²) in [4.78, 5) is 12.6. The molecule has 0 aromatic heterocycles. The second-order valence-corrected chi connectivity index (χ2v) is 6.81. The predicted octanol–water partition coefficient (Wildman–Crippen LogP) is 2.98. The lowest BCUT2D eigenvalue weighted by atomic mass is 9.95. The van der Waals surface area contributed by atoms with Gasteiger partial charge in [0.1, 0.15) is 0 Å². The molecule has 0 atom stereocenters. The van der Waals surface area contributed by atoms with Crippen LogP contribution in [0.5, 0.6) is 28.7 Å². The van der Waals surface area contributed by atoms with Crippen molar-refractivity contribution in [1.82, 2.24) is 0 Å². The summed E-state index contributed by atoms with van der Waals surface area (Å²) in [6.07, 6.45) is 0.526. The van der Waals surface area contributed by atoms with Crippen molar-refractivity contribution in [2.24, 2.45) is 0 Å². The molecule has 0 bridgehead atoms. The van der Waals surface area contributed by atoms with Crippen molar-refractivity contribution in [3.05, 3.63) is 52.6 Å². The van der Waals surface area contributed by atoms with Crippen molar-refractivity contribution in [3.8, 4) is 28.7 Å². The Kier molecular flexibility index (Phi) is 9.22. The quantitative estimate of drug-likeness (QED) is 0.416. The molecule has 2 aromatic carbocycles. The van der Waals surface area contributed by atoms with Crippen molar-refractivity contribution in [3.63, 3.8) is 0 Å². The fraction of sp³-hybridized carbons (Fsp3) is 0.375. The summed E-state index contributed by atoms with van der Waals surface area (Å²) >= 11 is 0. The van der Waals surface area contributed by atoms with E-state index < -0.39 is 5.97 Å². The zero-order valence-electron chi connectivity index (χ0n) is 19.3. The van der Waals surface area contributed by atoms with E-state index in [2.05, 4.69) is 0 Å². The molecule has 32 heavy (non-hydrogen) atoms. The molecule has 0 saturated carbocycles. The number of ether oxygens (including phenoxy) is 6. The van der Waals surface area contributed by atoms with Crippen LogP contribution in [-0.2, 0) is 22.4 Å². The minimum absolute atomic E-state index is 0.243. The van der Waals surface area contributed by atoms with Crippen LogP contribution in [0.15, 0.2) is 41.5 Å². The second kappa shape index (κ2) is 11.9. The Morgan fingerprint density at radius 2 is 1.28 bits per heavy atom. The Bertz CT molecular complexity index is 939. The smallest absolute Gasteiger partial charge is 0.334 e. The Hall–Kier alpha value is -3.39. The summed E-state index contributed by atoms with van der Waals surface area (Å²) in [5, 5.41) is 10.1. The van der Waals surface area contributed by atoms with E-state index >= 15 is 0 Å². The van der Waals surface area contributed by atoms with Gasteiger partial charge in [-0.05, 0) is 47.4 Å². The lowest BCUT2D eigenvalue weighted by Gasteiger charge is -2.17. The highest BCUT2D eigenvalue weighted by atomic mass is 16.5. The molecule has 1 N–H and O–H groups in total. The molecule has 174 valence electrons. The normalized spacial score (nSPS) is 11.3. The molecule has 0 saturated heterocycles. The van der Waals surface area contributed by atoms with E-state index in [1.165, 1.54) is 28.4 Å². The van der Waals surface area contributed by atoms with E-state index in [-0.39, 0.29) is 19.4 Å². The second-order valence-electron chi connectivity index (χ2n) is 6.81. The number of esters is 1. The molecule has 0 heterocycles. The Labute approximate surface area is 188 Å². The summed E-state index contributed by atoms with van der Waals surface area (Å²) in [5.74, 6) is 2.05. The highest BCUT2D eigenvalue weighted by Gasteiger charge is 2.20. The fourth-order valence-corrected chi connectivity index (χ4v) is 3.40. The largest absolute Gasteiger partial charge is 0.493 e. The molecule has 2 aromatic rings. The summed E-state index contributed by atoms with van der Waals surface area (Å²) < 4.78 is 31.8. The maximum Gasteiger partial charge on any atom is 0.334 e. The number of methoxy groups -OCH3 is 6. The minimum Gasteiger partial charge on any atom is -0.493 e. The Morgan fingerprint density at radius 1 is 0.719 bits per heavy atom. The number of carbonyl (C=O) groups excluding carboxylic acids is 1. The molecular weight excluding hydrogens is 416 g/mol. The van der Waals surface area contributed by atoms with Gasteiger partial charge in [0.05, 0.1) is 49.3 Å². The number of benzene rings is 2. The Morgan fingerprint density at radius 3 is 1.75 bits per heavy atom. The first-order valence-corrected chi connectivity index (χ1v) is 9.86. The van der Waals surface area contributed by atoms with Crippen LogP contribution in [0, 0.1) is 0 Å². The van der Waals surface area contributed by atoms with Crippen LogP contribution in [0.4, 0.5) is 0 Å². The average Bonchev–Trinajstić information content (AvgIpc) is 2.84. The molecule has 0 radical (unpaired) electrons. The highest BCUT2D eigenvalue weighted by Crippen LogP contribution is 2.39. The molecule has 0 amide bonds. The van der Waals surface area contributed by atoms with Gasteiger partial charge < -0.3 is 33.5 Å². The zero-order valence-corrected chi connectivity index (χ0v) is 19.3. The summed E-state index contributed by atoms with van der Waals surface area (Å²) in [6, 6.07) is 8.94. The van der Waals surface area contributed by atoms with E-state index in [0.717, 1.165) is 11.1 Å². The van der Waals surface area contributed by atoms with E-state index in [0.29, 0.717) is 39.9 Å². The molecule has 0 aliphatic rings. The van der Waals surface area contributed by atoms with E-state index in [1.807, 2.05) is 6.07 Å². The lowest BCUT2D eigenvalue weighted by molar-refractivity contribution is -0.136. The van der Waals surface area contributed by atoms with E-state index in [1.54, 1.807) is 38.5 Å². The Balaban J connectivity index is 2.50. The molecule has 0 fully saturated rings. The summed E-state index contributed by atoms with van der Waals surface area (Å²) in [7, 11) is 8.99. The maximum atomic E-state index is 12.6. The van der Waals surface area contributed by atoms with Gasteiger partial charge in [-0.15, -0.1) is 0 Å². The van der Waals surface area contributed by atoms with Gasteiger partial charge in [-0.3, -0.25) is 0 Å². The summed E-state index contributed by atoms with van der Waals surface area (Å²) in [5.41, 5.74) is 2.45. The third-order valence-corrected chi connectivity index (χ3v) is 5.02. The number of rotatable bonds is 11. The summed E-state index contributed by atoms with van der Waals surface area (Å²) in [6.45, 7) is -0.325. The minimum atomic E-state index is -0.517. The van der Waals surface area contributed by atoms with Crippen LogP contribution < -0.4 is 23.7 Å². The highest BCUT2D eigenvalue weighted by molar-refractivity contribution is 5.90. The van der Waals surface area contributed by atoms with Gasteiger partial charge in [-0.25, -0.2) is 4.79 Å². The maximum absolute atomic E-state index is 12.6. The monoisotopic (exact) mass is 446 g/mol. The molecule has 8 nitrogen and oxygen atoms in total. The van der Waals surface area contributed by atoms with E-state index in [4.69, 9.17) is 28.4 Å². The van der Waals surface area contributed by atoms with Gasteiger partial charge in [-0.1, -0.05) is 6.07 Å². The number of carbonyl (C=O) groups is 1. The van der Waals surface area contributed by atoms with Gasteiger partial charge in [0.15, 0.2) is 23.0 Å². The third-order valence-electron chi connectivity index (χ3n) is 5.02. The number of aliphatic hydroxyl groups excluding tert-OH is 1. The number of hydrogen-bond acceptors (Lipinski definition) is 8. The van der Waals surface area contributed by atoms with Gasteiger partial charge in [0.25, 0.3) is 0 Å². The standard InChI is InChI=1S/C24H30O8/c1-27-19-8-7-15(11-20(19)28-2)10-18(24(26)32-6)17(14-25)9-16-12-21(29-3)23(31-5)22(13-16)30-4/h7-8,11-13,25H,9-10,14H2,1-6H3/b18-17-. The van der Waals surface area contributed by atoms with Crippen molar-refractivity contribution < 1.29 is 38.3 Å². The average molecular weight is 446 g/mol. The van der Waals surface area contributed by atoms with Crippen LogP contribution >= 0.6 is 0 Å². The molecule has 0 spiro atoms. The molecule has 0 aliphatic heterocycles. The van der Waals surface area contributed by atoms with Crippen molar-refractivity contribution >= 4 is 5.97 Å².